The van der Waals surface area contributed by atoms with Crippen LogP contribution in [0.5, 0.6) is 0 Å². The number of esters is 1. The molecule has 3 N–H and O–H groups in total. The van der Waals surface area contributed by atoms with Crippen LogP contribution in [0.2, 0.25) is 0 Å². The zero-order valence-corrected chi connectivity index (χ0v) is 15.9. The molecule has 0 aliphatic rings. The van der Waals surface area contributed by atoms with Crippen LogP contribution in [-0.2, 0) is 9.53 Å². The third kappa shape index (κ3) is 4.41. The number of anilines is 2. The molecule has 0 bridgehead atoms. The zero-order chi connectivity index (χ0) is 19.9. The molecule has 1 heterocycles. The Morgan fingerprint density at radius 1 is 1.11 bits per heavy atom. The lowest BCUT2D eigenvalue weighted by Gasteiger charge is -2.04. The molecule has 3 rings (SSSR count). The summed E-state index contributed by atoms with van der Waals surface area (Å²) in [4.78, 5) is 29.5. The molecule has 0 aliphatic heterocycles. The number of carbonyl (C=O) groups is 2. The number of nitrogens with one attached hydrogen (secondary N) is 1. The Morgan fingerprint density at radius 2 is 1.75 bits per heavy atom. The summed E-state index contributed by atoms with van der Waals surface area (Å²) in [5.74, 6) is -0.870. The molecule has 8 heteroatoms. The summed E-state index contributed by atoms with van der Waals surface area (Å²) >= 11 is 1.00. The second-order valence-electron chi connectivity index (χ2n) is 5.59. The van der Waals surface area contributed by atoms with Crippen molar-refractivity contribution in [3.8, 4) is 0 Å². The van der Waals surface area contributed by atoms with E-state index in [1.807, 2.05) is 24.3 Å². The first kappa shape index (κ1) is 19.2. The maximum Gasteiger partial charge on any atom is 0.361 e. The van der Waals surface area contributed by atoms with Gasteiger partial charge in [0.1, 0.15) is 10.7 Å². The molecule has 0 radical (unpaired) electrons. The van der Waals surface area contributed by atoms with Crippen LogP contribution in [0.4, 0.5) is 11.5 Å². The molecule has 0 atom stereocenters. The van der Waals surface area contributed by atoms with Crippen molar-refractivity contribution in [2.24, 2.45) is 5.10 Å². The fraction of sp³-hybridized carbons (Fsp3) is 0.100. The lowest BCUT2D eigenvalue weighted by Crippen LogP contribution is -2.20. The molecule has 3 aromatic rings. The Balaban J connectivity index is 1.94. The predicted molar refractivity (Wildman–Crippen MR) is 110 cm³/mol. The van der Waals surface area contributed by atoms with Crippen LogP contribution in [0.25, 0.3) is 0 Å². The number of rotatable bonds is 7. The Hall–Kier alpha value is -3.52. The van der Waals surface area contributed by atoms with Crippen molar-refractivity contribution < 1.29 is 14.3 Å². The minimum absolute atomic E-state index is 0.0467. The van der Waals surface area contributed by atoms with Gasteiger partial charge in [-0.15, -0.1) is 11.3 Å². The second-order valence-corrected chi connectivity index (χ2v) is 6.59. The number of para-hydroxylation sites is 1. The van der Waals surface area contributed by atoms with Crippen LogP contribution in [0.1, 0.15) is 27.2 Å². The number of benzene rings is 2. The van der Waals surface area contributed by atoms with Gasteiger partial charge in [-0.25, -0.2) is 9.78 Å². The van der Waals surface area contributed by atoms with Gasteiger partial charge in [0.05, 0.1) is 12.3 Å². The van der Waals surface area contributed by atoms with Crippen LogP contribution in [-0.4, -0.2) is 29.1 Å². The number of hydrogen-bond donors (Lipinski definition) is 2. The van der Waals surface area contributed by atoms with Gasteiger partial charge in [0, 0.05) is 5.56 Å². The molecule has 1 aromatic heterocycles. The topological polar surface area (TPSA) is 107 Å². The average Bonchev–Trinajstić information content (AvgIpc) is 3.10. The van der Waals surface area contributed by atoms with E-state index >= 15 is 0 Å². The summed E-state index contributed by atoms with van der Waals surface area (Å²) in [5.41, 5.74) is 9.88. The number of hydrogen-bond acceptors (Lipinski definition) is 8. The fourth-order valence-corrected chi connectivity index (χ4v) is 3.25. The smallest absolute Gasteiger partial charge is 0.361 e. The van der Waals surface area contributed by atoms with E-state index in [0.717, 1.165) is 11.3 Å². The predicted octanol–water partition coefficient (Wildman–Crippen LogP) is 3.34. The SMILES string of the molecule is CCOC(=O)/C(=N\Nc1ccccc1)c1nc(N)c(C(=O)c2ccccc2)s1. The molecule has 7 nitrogen and oxygen atoms in total. The van der Waals surface area contributed by atoms with Crippen LogP contribution in [0.3, 0.4) is 0 Å². The molecule has 2 aromatic carbocycles. The molecule has 0 aliphatic carbocycles. The van der Waals surface area contributed by atoms with Crippen molar-refractivity contribution in [3.05, 3.63) is 76.1 Å². The van der Waals surface area contributed by atoms with Gasteiger partial charge in [0.25, 0.3) is 0 Å². The van der Waals surface area contributed by atoms with Crippen LogP contribution < -0.4 is 11.2 Å². The third-order valence-electron chi connectivity index (χ3n) is 3.64. The van der Waals surface area contributed by atoms with Crippen LogP contribution in [0.15, 0.2) is 65.8 Å². The number of aromatic nitrogens is 1. The molecule has 142 valence electrons. The summed E-state index contributed by atoms with van der Waals surface area (Å²) in [6, 6.07) is 17.9. The third-order valence-corrected chi connectivity index (χ3v) is 4.71. The van der Waals surface area contributed by atoms with E-state index < -0.39 is 5.97 Å². The van der Waals surface area contributed by atoms with Crippen molar-refractivity contribution in [2.75, 3.05) is 17.8 Å². The number of nitrogens with two attached hydrogens (primary N) is 1. The van der Waals surface area contributed by atoms with Crippen molar-refractivity contribution in [1.29, 1.82) is 0 Å². The van der Waals surface area contributed by atoms with E-state index in [9.17, 15) is 9.59 Å². The molecule has 0 spiro atoms. The maximum atomic E-state index is 12.7. The van der Waals surface area contributed by atoms with E-state index in [-0.39, 0.29) is 33.8 Å². The molecule has 0 saturated carbocycles. The fourth-order valence-electron chi connectivity index (χ4n) is 2.33. The quantitative estimate of drug-likeness (QED) is 0.275. The lowest BCUT2D eigenvalue weighted by atomic mass is 10.1. The second kappa shape index (κ2) is 8.92. The van der Waals surface area contributed by atoms with Crippen LogP contribution in [0, 0.1) is 0 Å². The largest absolute Gasteiger partial charge is 0.461 e. The van der Waals surface area contributed by atoms with E-state index in [2.05, 4.69) is 15.5 Å². The highest BCUT2D eigenvalue weighted by molar-refractivity contribution is 7.17. The number of nitrogen functional groups attached to an aromatic ring is 1. The number of ketones is 1. The molecule has 0 unspecified atom stereocenters. The highest BCUT2D eigenvalue weighted by Gasteiger charge is 2.25. The number of thiazole rings is 1. The number of nitrogens with zero attached hydrogens (tertiary/aromatic N) is 2. The number of ether oxygens (including phenoxy) is 1. The summed E-state index contributed by atoms with van der Waals surface area (Å²) in [5, 5.41) is 4.35. The van der Waals surface area contributed by atoms with E-state index in [1.165, 1.54) is 0 Å². The van der Waals surface area contributed by atoms with E-state index in [1.54, 1.807) is 43.3 Å². The first-order valence-corrected chi connectivity index (χ1v) is 9.34. The molecule has 0 amide bonds. The first-order valence-electron chi connectivity index (χ1n) is 8.52. The monoisotopic (exact) mass is 394 g/mol. The highest BCUT2D eigenvalue weighted by Crippen LogP contribution is 2.25. The van der Waals surface area contributed by atoms with Gasteiger partial charge in [0.2, 0.25) is 11.5 Å². The number of hydrazone groups is 1. The molecule has 0 fully saturated rings. The Morgan fingerprint density at radius 3 is 2.39 bits per heavy atom. The Bertz CT molecular complexity index is 1000. The molecule has 0 saturated heterocycles. The van der Waals surface area contributed by atoms with Crippen LogP contribution >= 0.6 is 11.3 Å². The molecular formula is C20H18N4O3S. The Labute approximate surface area is 165 Å². The lowest BCUT2D eigenvalue weighted by molar-refractivity contribution is -0.134. The van der Waals surface area contributed by atoms with Gasteiger partial charge in [-0.1, -0.05) is 48.5 Å². The molecule has 28 heavy (non-hydrogen) atoms. The normalized spacial score (nSPS) is 11.1. The highest BCUT2D eigenvalue weighted by atomic mass is 32.1. The maximum absolute atomic E-state index is 12.7. The number of carbonyl (C=O) groups excluding carboxylic acids is 2. The van der Waals surface area contributed by atoms with Crippen molar-refractivity contribution in [1.82, 2.24) is 4.98 Å². The first-order chi connectivity index (χ1) is 13.6. The van der Waals surface area contributed by atoms with Gasteiger partial charge in [0.15, 0.2) is 5.01 Å². The van der Waals surface area contributed by atoms with Gasteiger partial charge in [-0.05, 0) is 19.1 Å². The van der Waals surface area contributed by atoms with Gasteiger partial charge >= 0.3 is 5.97 Å². The van der Waals surface area contributed by atoms with Gasteiger partial charge < -0.3 is 10.5 Å². The van der Waals surface area contributed by atoms with Crippen molar-refractivity contribution in [3.63, 3.8) is 0 Å². The summed E-state index contributed by atoms with van der Waals surface area (Å²) < 4.78 is 5.07. The summed E-state index contributed by atoms with van der Waals surface area (Å²) in [6.45, 7) is 1.88. The zero-order valence-electron chi connectivity index (χ0n) is 15.1. The Kier molecular flexibility index (Phi) is 6.13. The average molecular weight is 394 g/mol. The summed E-state index contributed by atoms with van der Waals surface area (Å²) in [6.07, 6.45) is 0. The standard InChI is InChI=1S/C20H18N4O3S/c1-2-27-20(26)15(24-23-14-11-7-4-8-12-14)19-22-18(21)17(28-19)16(25)13-9-5-3-6-10-13/h3-12,23H,2,21H2,1H3/b24-15-. The van der Waals surface area contributed by atoms with Crippen molar-refractivity contribution >= 4 is 40.3 Å². The molecular weight excluding hydrogens is 376 g/mol. The summed E-state index contributed by atoms with van der Waals surface area (Å²) in [7, 11) is 0. The minimum Gasteiger partial charge on any atom is -0.461 e. The van der Waals surface area contributed by atoms with E-state index in [0.29, 0.717) is 11.3 Å². The minimum atomic E-state index is -0.654. The van der Waals surface area contributed by atoms with E-state index in [4.69, 9.17) is 10.5 Å². The van der Waals surface area contributed by atoms with Gasteiger partial charge in [-0.3, -0.25) is 10.2 Å². The van der Waals surface area contributed by atoms with Gasteiger partial charge in [-0.2, -0.15) is 5.10 Å². The van der Waals surface area contributed by atoms with Crippen molar-refractivity contribution in [2.45, 2.75) is 6.92 Å².